The molecule has 19 heavy (non-hydrogen) atoms. The summed E-state index contributed by atoms with van der Waals surface area (Å²) in [7, 11) is 6.41. The lowest BCUT2D eigenvalue weighted by atomic mass is 9.80. The van der Waals surface area contributed by atoms with E-state index >= 15 is 0 Å². The van der Waals surface area contributed by atoms with Gasteiger partial charge in [0.25, 0.3) is 0 Å². The molecule has 0 amide bonds. The van der Waals surface area contributed by atoms with E-state index in [-0.39, 0.29) is 5.54 Å². The molecule has 0 aromatic heterocycles. The maximum absolute atomic E-state index is 6.09. The van der Waals surface area contributed by atoms with Crippen LogP contribution in [0.3, 0.4) is 0 Å². The minimum Gasteiger partial charge on any atom is -0.315 e. The summed E-state index contributed by atoms with van der Waals surface area (Å²) >= 11 is 6.09. The molecule has 0 bridgehead atoms. The van der Waals surface area contributed by atoms with Crippen molar-refractivity contribution in [1.29, 1.82) is 0 Å². The van der Waals surface area contributed by atoms with Crippen LogP contribution in [-0.2, 0) is 6.42 Å². The van der Waals surface area contributed by atoms with Crippen molar-refractivity contribution in [2.75, 3.05) is 21.1 Å². The molecular weight excluding hydrogens is 256 g/mol. The van der Waals surface area contributed by atoms with E-state index in [1.807, 2.05) is 12.1 Å². The lowest BCUT2D eigenvalue weighted by Gasteiger charge is -2.45. The average molecular weight is 283 g/mol. The number of rotatable bonds is 7. The Morgan fingerprint density at radius 3 is 2.32 bits per heavy atom. The van der Waals surface area contributed by atoms with Gasteiger partial charge in [0.1, 0.15) is 0 Å². The fraction of sp³-hybridized carbons (Fsp3) is 0.625. The number of halogens is 1. The Morgan fingerprint density at radius 2 is 1.89 bits per heavy atom. The molecule has 1 unspecified atom stereocenters. The Balaban J connectivity index is 2.98. The third-order valence-electron chi connectivity index (χ3n) is 4.44. The highest BCUT2D eigenvalue weighted by Gasteiger charge is 2.36. The first kappa shape index (κ1) is 16.5. The Bertz CT molecular complexity index is 386. The Morgan fingerprint density at radius 1 is 1.26 bits per heavy atom. The number of benzene rings is 1. The second kappa shape index (κ2) is 7.28. The minimum absolute atomic E-state index is 0.178. The summed E-state index contributed by atoms with van der Waals surface area (Å²) in [4.78, 5) is 2.36. The third kappa shape index (κ3) is 3.71. The van der Waals surface area contributed by atoms with E-state index in [4.69, 9.17) is 11.6 Å². The normalized spacial score (nSPS) is 13.8. The molecule has 0 saturated carbocycles. The molecular formula is C16H27ClN2. The van der Waals surface area contributed by atoms with Crippen molar-refractivity contribution in [3.8, 4) is 0 Å². The van der Waals surface area contributed by atoms with Crippen LogP contribution in [0.1, 0.15) is 32.3 Å². The van der Waals surface area contributed by atoms with Crippen LogP contribution in [0.4, 0.5) is 0 Å². The van der Waals surface area contributed by atoms with E-state index in [2.05, 4.69) is 57.3 Å². The maximum Gasteiger partial charge on any atom is 0.0408 e. The van der Waals surface area contributed by atoms with E-state index < -0.39 is 0 Å². The Hall–Kier alpha value is -0.570. The van der Waals surface area contributed by atoms with Gasteiger partial charge in [0.2, 0.25) is 0 Å². The largest absolute Gasteiger partial charge is 0.315 e. The zero-order valence-electron chi connectivity index (χ0n) is 12.8. The van der Waals surface area contributed by atoms with Crippen molar-refractivity contribution in [2.45, 2.75) is 44.7 Å². The average Bonchev–Trinajstić information content (AvgIpc) is 2.39. The topological polar surface area (TPSA) is 15.3 Å². The van der Waals surface area contributed by atoms with Gasteiger partial charge >= 0.3 is 0 Å². The van der Waals surface area contributed by atoms with Crippen molar-refractivity contribution in [1.82, 2.24) is 10.2 Å². The van der Waals surface area contributed by atoms with Crippen molar-refractivity contribution in [3.05, 3.63) is 34.9 Å². The van der Waals surface area contributed by atoms with Gasteiger partial charge in [-0.1, -0.05) is 37.6 Å². The van der Waals surface area contributed by atoms with Crippen LogP contribution in [0.5, 0.6) is 0 Å². The molecule has 0 aliphatic rings. The molecule has 0 radical (unpaired) electrons. The zero-order chi connectivity index (χ0) is 14.5. The molecule has 1 N–H and O–H groups in total. The second-order valence-corrected chi connectivity index (χ2v) is 5.82. The van der Waals surface area contributed by atoms with Gasteiger partial charge in [-0.15, -0.1) is 0 Å². The number of hydrogen-bond donors (Lipinski definition) is 1. The second-order valence-electron chi connectivity index (χ2n) is 5.38. The quantitative estimate of drug-likeness (QED) is 0.822. The van der Waals surface area contributed by atoms with Gasteiger partial charge in [0.05, 0.1) is 0 Å². The van der Waals surface area contributed by atoms with E-state index in [0.29, 0.717) is 6.04 Å². The molecule has 0 aliphatic heterocycles. The molecule has 1 aromatic carbocycles. The molecule has 0 heterocycles. The summed E-state index contributed by atoms with van der Waals surface area (Å²) < 4.78 is 0. The SMILES string of the molecule is CCC(CC)(C(Cc1cccc(Cl)c1)NC)N(C)C. The van der Waals surface area contributed by atoms with Crippen molar-refractivity contribution in [2.24, 2.45) is 0 Å². The summed E-state index contributed by atoms with van der Waals surface area (Å²) in [6.07, 6.45) is 3.25. The maximum atomic E-state index is 6.09. The van der Waals surface area contributed by atoms with Gasteiger partial charge in [-0.3, -0.25) is 0 Å². The standard InChI is InChI=1S/C16H27ClN2/c1-6-16(7-2,19(4)5)15(18-3)12-13-9-8-10-14(17)11-13/h8-11,15,18H,6-7,12H2,1-5H3. The lowest BCUT2D eigenvalue weighted by molar-refractivity contribution is 0.0917. The van der Waals surface area contributed by atoms with Crippen LogP contribution < -0.4 is 5.32 Å². The fourth-order valence-electron chi connectivity index (χ4n) is 3.15. The minimum atomic E-state index is 0.178. The Kier molecular flexibility index (Phi) is 6.31. The van der Waals surface area contributed by atoms with Gasteiger partial charge in [0, 0.05) is 16.6 Å². The zero-order valence-corrected chi connectivity index (χ0v) is 13.6. The van der Waals surface area contributed by atoms with Crippen molar-refractivity contribution in [3.63, 3.8) is 0 Å². The highest BCUT2D eigenvalue weighted by molar-refractivity contribution is 6.30. The van der Waals surface area contributed by atoms with Crippen molar-refractivity contribution < 1.29 is 0 Å². The number of nitrogens with zero attached hydrogens (tertiary/aromatic N) is 1. The van der Waals surface area contributed by atoms with E-state index in [1.54, 1.807) is 0 Å². The van der Waals surface area contributed by atoms with Crippen LogP contribution in [0.15, 0.2) is 24.3 Å². The van der Waals surface area contributed by atoms with Gasteiger partial charge in [-0.05, 0) is 58.1 Å². The first-order valence-electron chi connectivity index (χ1n) is 7.09. The molecule has 108 valence electrons. The molecule has 0 fully saturated rings. The van der Waals surface area contributed by atoms with Crippen LogP contribution in [-0.4, -0.2) is 37.6 Å². The lowest BCUT2D eigenvalue weighted by Crippen LogP contribution is -2.58. The van der Waals surface area contributed by atoms with Crippen molar-refractivity contribution >= 4 is 11.6 Å². The van der Waals surface area contributed by atoms with E-state index in [9.17, 15) is 0 Å². The summed E-state index contributed by atoms with van der Waals surface area (Å²) in [6.45, 7) is 4.54. The number of nitrogens with one attached hydrogen (secondary N) is 1. The molecule has 3 heteroatoms. The fourth-order valence-corrected chi connectivity index (χ4v) is 3.36. The Labute approximate surface area is 123 Å². The van der Waals surface area contributed by atoms with E-state index in [1.165, 1.54) is 5.56 Å². The molecule has 0 spiro atoms. The summed E-state index contributed by atoms with van der Waals surface area (Å²) in [5, 5.41) is 4.32. The summed E-state index contributed by atoms with van der Waals surface area (Å²) in [5.41, 5.74) is 1.47. The molecule has 2 nitrogen and oxygen atoms in total. The third-order valence-corrected chi connectivity index (χ3v) is 4.68. The molecule has 0 saturated heterocycles. The number of likely N-dealkylation sites (N-methyl/N-ethyl adjacent to an activating group) is 2. The van der Waals surface area contributed by atoms with Crippen LogP contribution in [0.25, 0.3) is 0 Å². The van der Waals surface area contributed by atoms with Crippen LogP contribution in [0, 0.1) is 0 Å². The highest BCUT2D eigenvalue weighted by Crippen LogP contribution is 2.28. The monoisotopic (exact) mass is 282 g/mol. The summed E-state index contributed by atoms with van der Waals surface area (Å²) in [5.74, 6) is 0. The predicted molar refractivity (Wildman–Crippen MR) is 85.0 cm³/mol. The number of hydrogen-bond acceptors (Lipinski definition) is 2. The first-order valence-corrected chi connectivity index (χ1v) is 7.47. The van der Waals surface area contributed by atoms with Crippen LogP contribution >= 0.6 is 11.6 Å². The van der Waals surface area contributed by atoms with Gasteiger partial charge in [0.15, 0.2) is 0 Å². The van der Waals surface area contributed by atoms with Crippen LogP contribution in [0.2, 0.25) is 5.02 Å². The van der Waals surface area contributed by atoms with Gasteiger partial charge in [-0.2, -0.15) is 0 Å². The molecule has 1 rings (SSSR count). The summed E-state index contributed by atoms with van der Waals surface area (Å²) in [6, 6.07) is 8.59. The predicted octanol–water partition coefficient (Wildman–Crippen LogP) is 3.59. The van der Waals surface area contributed by atoms with E-state index in [0.717, 1.165) is 24.3 Å². The molecule has 1 atom stereocenters. The molecule has 0 aliphatic carbocycles. The highest BCUT2D eigenvalue weighted by atomic mass is 35.5. The molecule has 1 aromatic rings. The van der Waals surface area contributed by atoms with Gasteiger partial charge < -0.3 is 10.2 Å². The smallest absolute Gasteiger partial charge is 0.0408 e. The first-order chi connectivity index (χ1) is 9.00. The van der Waals surface area contributed by atoms with Gasteiger partial charge in [-0.25, -0.2) is 0 Å².